The fourth-order valence-electron chi connectivity index (χ4n) is 1.44. The molecule has 0 aliphatic rings. The molecule has 1 aromatic heterocycles. The summed E-state index contributed by atoms with van der Waals surface area (Å²) in [6.07, 6.45) is 0.756. The molecule has 2 N–H and O–H groups in total. The normalized spacial score (nSPS) is 10.7. The van der Waals surface area contributed by atoms with Crippen LogP contribution in [0.5, 0.6) is 0 Å². The zero-order valence-corrected chi connectivity index (χ0v) is 8.90. The molecule has 1 aromatic carbocycles. The lowest BCUT2D eigenvalue weighted by Gasteiger charge is -2.00. The van der Waals surface area contributed by atoms with Crippen LogP contribution in [-0.2, 0) is 13.0 Å². The zero-order chi connectivity index (χ0) is 11.5. The van der Waals surface area contributed by atoms with Crippen molar-refractivity contribution >= 4 is 0 Å². The number of benzene rings is 1. The van der Waals surface area contributed by atoms with Gasteiger partial charge in [-0.25, -0.2) is 4.39 Å². The number of nitrogens with two attached hydrogens (primary N) is 1. The Morgan fingerprint density at radius 3 is 2.81 bits per heavy atom. The Balaban J connectivity index is 2.42. The van der Waals surface area contributed by atoms with Crippen LogP contribution in [0.1, 0.15) is 18.4 Å². The zero-order valence-electron chi connectivity index (χ0n) is 8.90. The molecule has 0 saturated heterocycles. The van der Waals surface area contributed by atoms with Gasteiger partial charge in [0.15, 0.2) is 0 Å². The number of hydrogen-bond donors (Lipinski definition) is 1. The highest BCUT2D eigenvalue weighted by molar-refractivity contribution is 5.55. The van der Waals surface area contributed by atoms with Crippen LogP contribution in [0.15, 0.2) is 22.7 Å². The standard InChI is InChI=1S/C11H12FN3O/c1-2-7-3-8(5-9(12)4-7)11-14-10(6-13)16-15-11/h3-5H,2,6,13H2,1H3. The molecule has 2 rings (SSSR count). The highest BCUT2D eigenvalue weighted by Gasteiger charge is 2.09. The van der Waals surface area contributed by atoms with Gasteiger partial charge in [-0.3, -0.25) is 0 Å². The largest absolute Gasteiger partial charge is 0.338 e. The first-order valence-electron chi connectivity index (χ1n) is 5.05. The van der Waals surface area contributed by atoms with E-state index in [-0.39, 0.29) is 12.4 Å². The Labute approximate surface area is 92.3 Å². The van der Waals surface area contributed by atoms with Crippen LogP contribution >= 0.6 is 0 Å². The second-order valence-electron chi connectivity index (χ2n) is 3.42. The number of rotatable bonds is 3. The molecule has 2 aromatic rings. The van der Waals surface area contributed by atoms with E-state index in [0.717, 1.165) is 12.0 Å². The van der Waals surface area contributed by atoms with E-state index in [1.165, 1.54) is 12.1 Å². The molecule has 0 unspecified atom stereocenters. The number of nitrogens with zero attached hydrogens (tertiary/aromatic N) is 2. The molecule has 0 fully saturated rings. The maximum Gasteiger partial charge on any atom is 0.240 e. The van der Waals surface area contributed by atoms with Crippen LogP contribution in [0.3, 0.4) is 0 Å². The Kier molecular flexibility index (Phi) is 2.96. The molecular weight excluding hydrogens is 209 g/mol. The molecule has 0 amide bonds. The second-order valence-corrected chi connectivity index (χ2v) is 3.42. The van der Waals surface area contributed by atoms with E-state index in [1.807, 2.05) is 13.0 Å². The maximum absolute atomic E-state index is 13.3. The Morgan fingerprint density at radius 2 is 2.19 bits per heavy atom. The summed E-state index contributed by atoms with van der Waals surface area (Å²) in [6, 6.07) is 4.71. The summed E-state index contributed by atoms with van der Waals surface area (Å²) in [5, 5.41) is 3.74. The smallest absolute Gasteiger partial charge is 0.240 e. The summed E-state index contributed by atoms with van der Waals surface area (Å²) < 4.78 is 18.2. The van der Waals surface area contributed by atoms with E-state index in [0.29, 0.717) is 17.3 Å². The maximum atomic E-state index is 13.3. The third-order valence-corrected chi connectivity index (χ3v) is 2.27. The summed E-state index contributed by atoms with van der Waals surface area (Å²) in [5.41, 5.74) is 6.87. The van der Waals surface area contributed by atoms with Gasteiger partial charge >= 0.3 is 0 Å². The van der Waals surface area contributed by atoms with Crippen LogP contribution in [-0.4, -0.2) is 10.1 Å². The molecule has 0 saturated carbocycles. The monoisotopic (exact) mass is 221 g/mol. The molecule has 0 bridgehead atoms. The molecule has 0 aliphatic heterocycles. The van der Waals surface area contributed by atoms with Crippen molar-refractivity contribution in [2.75, 3.05) is 0 Å². The number of aromatic nitrogens is 2. The fraction of sp³-hybridized carbons (Fsp3) is 0.273. The second kappa shape index (κ2) is 4.40. The fourth-order valence-corrected chi connectivity index (χ4v) is 1.44. The molecule has 0 atom stereocenters. The van der Waals surface area contributed by atoms with Crippen molar-refractivity contribution in [1.82, 2.24) is 10.1 Å². The van der Waals surface area contributed by atoms with Crippen molar-refractivity contribution in [3.8, 4) is 11.4 Å². The number of hydrogen-bond acceptors (Lipinski definition) is 4. The van der Waals surface area contributed by atoms with Gasteiger partial charge in [0, 0.05) is 5.56 Å². The topological polar surface area (TPSA) is 64.9 Å². The van der Waals surface area contributed by atoms with Gasteiger partial charge in [0.1, 0.15) is 5.82 Å². The Hall–Kier alpha value is -1.75. The van der Waals surface area contributed by atoms with Crippen molar-refractivity contribution in [2.24, 2.45) is 5.73 Å². The molecule has 0 spiro atoms. The Morgan fingerprint density at radius 1 is 1.38 bits per heavy atom. The average molecular weight is 221 g/mol. The van der Waals surface area contributed by atoms with Crippen molar-refractivity contribution in [2.45, 2.75) is 19.9 Å². The van der Waals surface area contributed by atoms with Gasteiger partial charge in [0.25, 0.3) is 0 Å². The third-order valence-electron chi connectivity index (χ3n) is 2.27. The van der Waals surface area contributed by atoms with Gasteiger partial charge < -0.3 is 10.3 Å². The van der Waals surface area contributed by atoms with E-state index >= 15 is 0 Å². The third kappa shape index (κ3) is 2.09. The molecule has 0 aliphatic carbocycles. The van der Waals surface area contributed by atoms with Gasteiger partial charge in [-0.1, -0.05) is 12.1 Å². The first-order valence-corrected chi connectivity index (χ1v) is 5.05. The van der Waals surface area contributed by atoms with Gasteiger partial charge in [-0.05, 0) is 30.2 Å². The molecule has 16 heavy (non-hydrogen) atoms. The minimum absolute atomic E-state index is 0.183. The molecule has 5 heteroatoms. The summed E-state index contributed by atoms with van der Waals surface area (Å²) in [6.45, 7) is 2.14. The first-order chi connectivity index (χ1) is 7.72. The van der Waals surface area contributed by atoms with Crippen LogP contribution in [0.2, 0.25) is 0 Å². The SMILES string of the molecule is CCc1cc(F)cc(-c2noc(CN)n2)c1. The van der Waals surface area contributed by atoms with Crippen molar-refractivity contribution in [3.63, 3.8) is 0 Å². The lowest BCUT2D eigenvalue weighted by Crippen LogP contribution is -1.95. The van der Waals surface area contributed by atoms with E-state index in [9.17, 15) is 4.39 Å². The predicted octanol–water partition coefficient (Wildman–Crippen LogP) is 1.90. The van der Waals surface area contributed by atoms with E-state index in [4.69, 9.17) is 10.3 Å². The quantitative estimate of drug-likeness (QED) is 0.859. The number of aryl methyl sites for hydroxylation is 1. The molecule has 0 radical (unpaired) electrons. The summed E-state index contributed by atoms with van der Waals surface area (Å²) in [5.74, 6) is 0.417. The van der Waals surface area contributed by atoms with E-state index < -0.39 is 0 Å². The summed E-state index contributed by atoms with van der Waals surface area (Å²) in [7, 11) is 0. The minimum atomic E-state index is -0.298. The van der Waals surface area contributed by atoms with Crippen LogP contribution < -0.4 is 5.73 Å². The molecule has 1 heterocycles. The minimum Gasteiger partial charge on any atom is -0.338 e. The predicted molar refractivity (Wildman–Crippen MR) is 57.0 cm³/mol. The van der Waals surface area contributed by atoms with Gasteiger partial charge in [0.05, 0.1) is 6.54 Å². The lowest BCUT2D eigenvalue weighted by atomic mass is 10.1. The van der Waals surface area contributed by atoms with Crippen LogP contribution in [0.25, 0.3) is 11.4 Å². The first kappa shape index (κ1) is 10.8. The van der Waals surface area contributed by atoms with Gasteiger partial charge in [0.2, 0.25) is 11.7 Å². The molecule has 84 valence electrons. The highest BCUT2D eigenvalue weighted by Crippen LogP contribution is 2.19. The van der Waals surface area contributed by atoms with Gasteiger partial charge in [-0.15, -0.1) is 0 Å². The lowest BCUT2D eigenvalue weighted by molar-refractivity contribution is 0.380. The number of halogens is 1. The van der Waals surface area contributed by atoms with E-state index in [1.54, 1.807) is 0 Å². The van der Waals surface area contributed by atoms with Gasteiger partial charge in [-0.2, -0.15) is 4.98 Å². The van der Waals surface area contributed by atoms with E-state index in [2.05, 4.69) is 10.1 Å². The van der Waals surface area contributed by atoms with Crippen molar-refractivity contribution in [3.05, 3.63) is 35.5 Å². The molecule has 4 nitrogen and oxygen atoms in total. The van der Waals surface area contributed by atoms with Crippen molar-refractivity contribution < 1.29 is 8.91 Å². The summed E-state index contributed by atoms with van der Waals surface area (Å²) in [4.78, 5) is 4.05. The Bertz CT molecular complexity index is 496. The summed E-state index contributed by atoms with van der Waals surface area (Å²) >= 11 is 0. The molecular formula is C11H12FN3O. The van der Waals surface area contributed by atoms with Crippen molar-refractivity contribution in [1.29, 1.82) is 0 Å². The van der Waals surface area contributed by atoms with Crippen LogP contribution in [0, 0.1) is 5.82 Å². The van der Waals surface area contributed by atoms with Crippen LogP contribution in [0.4, 0.5) is 4.39 Å². The average Bonchev–Trinajstić information content (AvgIpc) is 2.76. The highest BCUT2D eigenvalue weighted by atomic mass is 19.1.